The van der Waals surface area contributed by atoms with Gasteiger partial charge in [-0.3, -0.25) is 47.9 Å². The minimum absolute atomic E-state index is 0.0585. The van der Waals surface area contributed by atoms with Crippen LogP contribution in [0.3, 0.4) is 0 Å². The summed E-state index contributed by atoms with van der Waals surface area (Å²) >= 11 is 0. The molecule has 2 fully saturated rings. The Morgan fingerprint density at radius 2 is 0.887 bits per heavy atom. The van der Waals surface area contributed by atoms with Crippen LogP contribution >= 0.6 is 0 Å². The number of amides is 9. The van der Waals surface area contributed by atoms with Crippen LogP contribution in [0, 0.1) is 10.8 Å². The second-order valence-electron chi connectivity index (χ2n) is 32.0. The van der Waals surface area contributed by atoms with E-state index in [0.717, 1.165) is 21.5 Å². The van der Waals surface area contributed by atoms with E-state index in [1.165, 1.54) is 26.1 Å². The molecule has 0 aliphatic carbocycles. The van der Waals surface area contributed by atoms with Gasteiger partial charge in [0.15, 0.2) is 0 Å². The van der Waals surface area contributed by atoms with E-state index in [0.29, 0.717) is 45.1 Å². The first-order valence-corrected chi connectivity index (χ1v) is 38.4. The van der Waals surface area contributed by atoms with Gasteiger partial charge >= 0.3 is 11.9 Å². The molecule has 8 heterocycles. The summed E-state index contributed by atoms with van der Waals surface area (Å²) in [5.41, 5.74) is 1.04. The Morgan fingerprint density at radius 1 is 0.496 bits per heavy atom. The van der Waals surface area contributed by atoms with Crippen LogP contribution < -0.4 is 57.3 Å². The molecular formula is C83H101N17O15. The van der Waals surface area contributed by atoms with Gasteiger partial charge in [0.25, 0.3) is 0 Å². The average molecular weight is 1580 g/mol. The fourth-order valence-corrected chi connectivity index (χ4v) is 14.3. The second-order valence-corrected chi connectivity index (χ2v) is 32.0. The number of carbonyl (C=O) groups excluding carboxylic acids is 9. The first kappa shape index (κ1) is 83.7. The van der Waals surface area contributed by atoms with Crippen LogP contribution in [0.25, 0.3) is 21.5 Å². The molecule has 6 aromatic carbocycles. The van der Waals surface area contributed by atoms with Crippen molar-refractivity contribution < 1.29 is 72.4 Å². The van der Waals surface area contributed by atoms with Crippen molar-refractivity contribution in [2.75, 3.05) is 27.2 Å². The molecule has 8 aromatic rings. The van der Waals surface area contributed by atoms with E-state index in [9.17, 15) is 39.0 Å². The zero-order valence-electron chi connectivity index (χ0n) is 66.2. The van der Waals surface area contributed by atoms with Crippen LogP contribution in [0.15, 0.2) is 146 Å². The van der Waals surface area contributed by atoms with Crippen molar-refractivity contribution in [3.05, 3.63) is 179 Å². The van der Waals surface area contributed by atoms with Gasteiger partial charge in [-0.25, -0.2) is 14.2 Å². The highest BCUT2D eigenvalue weighted by Crippen LogP contribution is 2.35. The topological polar surface area (TPSA) is 423 Å². The number of aromatic nitrogens is 6. The number of likely N-dealkylation sites (N-methyl/N-ethyl adjacent to an activating group) is 2. The third-order valence-corrected chi connectivity index (χ3v) is 21.3. The fraction of sp³-hybridized carbons (Fsp3) is 0.434. The van der Waals surface area contributed by atoms with Gasteiger partial charge in [-0.1, -0.05) is 161 Å². The molecule has 6 aliphatic heterocycles. The fourth-order valence-electron chi connectivity index (χ4n) is 14.3. The molecule has 0 saturated carbocycles. The van der Waals surface area contributed by atoms with Crippen LogP contribution in [0.4, 0.5) is 0 Å². The van der Waals surface area contributed by atoms with Gasteiger partial charge in [0.1, 0.15) is 90.5 Å². The number of aliphatic carboxylic acids is 2. The van der Waals surface area contributed by atoms with Crippen molar-refractivity contribution in [1.82, 2.24) is 87.6 Å². The summed E-state index contributed by atoms with van der Waals surface area (Å²) < 4.78 is 15.4. The number of fused-ring (bicyclic) bond motifs is 2. The number of hydrogen-bond donors (Lipinski definition) is 11. The zero-order chi connectivity index (χ0) is 82.7. The summed E-state index contributed by atoms with van der Waals surface area (Å²) in [5.74, 6) is -8.23. The van der Waals surface area contributed by atoms with Crippen LogP contribution in [0.2, 0.25) is 0 Å². The van der Waals surface area contributed by atoms with Crippen molar-refractivity contribution in [2.45, 2.75) is 193 Å². The Bertz CT molecular complexity index is 4900. The number of ether oxygens (including phenoxy) is 2. The summed E-state index contributed by atoms with van der Waals surface area (Å²) in [6.45, 7) is 14.7. The Hall–Kier alpha value is -12.2. The summed E-state index contributed by atoms with van der Waals surface area (Å²) in [4.78, 5) is 162. The highest BCUT2D eigenvalue weighted by Gasteiger charge is 2.49. The van der Waals surface area contributed by atoms with Crippen molar-refractivity contribution in [3.63, 3.8) is 0 Å². The maximum absolute atomic E-state index is 15.5. The van der Waals surface area contributed by atoms with E-state index in [1.54, 1.807) is 136 Å². The third kappa shape index (κ3) is 21.0. The molecule has 12 bridgehead atoms. The van der Waals surface area contributed by atoms with Crippen molar-refractivity contribution in [3.8, 4) is 11.5 Å². The number of hydrogen-bond acceptors (Lipinski definition) is 19. The molecule has 14 rings (SSSR count). The molecule has 13 atom stereocenters. The van der Waals surface area contributed by atoms with E-state index >= 15 is 24.0 Å². The summed E-state index contributed by atoms with van der Waals surface area (Å²) in [5, 5.41) is 67.4. The third-order valence-electron chi connectivity index (χ3n) is 21.3. The molecule has 0 radical (unpaired) electrons. The van der Waals surface area contributed by atoms with Crippen molar-refractivity contribution in [1.29, 1.82) is 0 Å². The minimum atomic E-state index is -1.53. The van der Waals surface area contributed by atoms with Crippen molar-refractivity contribution >= 4 is 86.6 Å². The molecule has 32 heteroatoms. The predicted molar refractivity (Wildman–Crippen MR) is 423 cm³/mol. The Morgan fingerprint density at radius 3 is 1.27 bits per heavy atom. The van der Waals surface area contributed by atoms with Gasteiger partial charge in [-0.05, 0) is 114 Å². The largest absolute Gasteiger partial charge is 0.487 e. The molecule has 32 nitrogen and oxygen atoms in total. The summed E-state index contributed by atoms with van der Waals surface area (Å²) in [6.07, 6.45) is 2.41. The van der Waals surface area contributed by atoms with E-state index in [1.807, 2.05) is 78.9 Å². The Balaban J connectivity index is 0.944. The molecule has 0 spiro atoms. The molecule has 2 saturated heterocycles. The lowest BCUT2D eigenvalue weighted by Crippen LogP contribution is -2.61. The maximum atomic E-state index is 15.5. The number of nitrogens with zero attached hydrogens (tertiary/aromatic N) is 8. The quantitative estimate of drug-likeness (QED) is 0.0655. The molecule has 0 unspecified atom stereocenters. The number of carboxylic acids is 2. The molecule has 9 amide bonds. The van der Waals surface area contributed by atoms with Gasteiger partial charge < -0.3 is 77.3 Å². The maximum Gasteiger partial charge on any atom is 0.326 e. The number of benzene rings is 6. The SMILES string of the molecule is CN[C@@H](C)C(=O)N[C@H](C(=O)N1C[C@@H]2C[C@H]1C(=O)N[C@@H](Cc1ccc3ccccc3c1)C(=O)N[C@H](C(=O)O)Cc1ccc(cc1)OCc1cn(nn1)[C@H]1C[C@@H](C(=O)N[C@@H](Cc3ccc4ccccc4c3)C(=O)N[C@H](C(=O)N[C@@H](C)C(=O)O)Cc3ccc(cc3)OCc3cn2nn3)N(C(=O)[C@@H](NC(=O)[C@H](C)NC)C(C)(C)C)C1)C(C)(C)C. The molecule has 608 valence electrons. The normalized spacial score (nSPS) is 21.5. The molecule has 2 aromatic heterocycles. The first-order valence-electron chi connectivity index (χ1n) is 38.4. The lowest BCUT2D eigenvalue weighted by atomic mass is 9.85. The average Bonchev–Trinajstić information content (AvgIpc) is 1.65. The Labute approximate surface area is 665 Å². The summed E-state index contributed by atoms with van der Waals surface area (Å²) in [7, 11) is 3.21. The predicted octanol–water partition coefficient (Wildman–Crippen LogP) is 3.79. The van der Waals surface area contributed by atoms with Crippen molar-refractivity contribution in [2.24, 2.45) is 10.8 Å². The molecule has 6 aliphatic rings. The van der Waals surface area contributed by atoms with Gasteiger partial charge in [-0.15, -0.1) is 10.2 Å². The minimum Gasteiger partial charge on any atom is -0.487 e. The van der Waals surface area contributed by atoms with Gasteiger partial charge in [0.05, 0.1) is 36.6 Å². The van der Waals surface area contributed by atoms with E-state index in [2.05, 4.69) is 68.5 Å². The first-order chi connectivity index (χ1) is 54.7. The number of likely N-dealkylation sites (tertiary alicyclic amines) is 2. The van der Waals surface area contributed by atoms with E-state index < -0.39 is 154 Å². The van der Waals surface area contributed by atoms with Crippen LogP contribution in [0.5, 0.6) is 11.5 Å². The lowest BCUT2D eigenvalue weighted by Gasteiger charge is -2.36. The summed E-state index contributed by atoms with van der Waals surface area (Å²) in [6, 6.07) is 24.1. The highest BCUT2D eigenvalue weighted by atomic mass is 16.5. The van der Waals surface area contributed by atoms with Crippen LogP contribution in [0.1, 0.15) is 121 Å². The molecular weight excluding hydrogens is 1480 g/mol. The smallest absolute Gasteiger partial charge is 0.326 e. The lowest BCUT2D eigenvalue weighted by molar-refractivity contribution is -0.145. The molecule has 11 N–H and O–H groups in total. The number of carbonyl (C=O) groups is 11. The van der Waals surface area contributed by atoms with Gasteiger partial charge in [0, 0.05) is 51.6 Å². The van der Waals surface area contributed by atoms with Crippen LogP contribution in [-0.4, -0.2) is 209 Å². The zero-order valence-corrected chi connectivity index (χ0v) is 66.2. The van der Waals surface area contributed by atoms with E-state index in [4.69, 9.17) is 9.47 Å². The van der Waals surface area contributed by atoms with E-state index in [-0.39, 0.29) is 64.8 Å². The molecule has 115 heavy (non-hydrogen) atoms. The standard InChI is InChI=1S/C83H101N17O15/c1-46(84-10)71(101)91-69(82(4,5)6)78(108)97-42-59-38-67(97)76(106)88-64(36-51-20-26-53-16-12-14-18-55(53)32-51)74(104)87-63(73(103)86-48(3)80(110)111)34-49-22-28-61(29-23-49)114-44-57-40-100(95-93-57)60-39-68(98(43-60)79(109)70(83(7,8)9)92-72(102)47(2)85-11)77(107)89-65(37-52-21-27-54-17-13-15-19-56(54)33-52)75(105)90-66(81(112)113)35-50-24-30-62(31-25-50)115-45-58-41-99(59)96-94-58/h12-33,40-41,46-48,59-60,63-70,84-85H,34-39,42-45H2,1-11H3,(H,86,103)(H,87,104)(H,88,106)(H,89,107)(H,90,105)(H,91,101)(H,92,102)(H,110,111)(H,112,113)/t46-,47-,48-,59-,60-,63-,64-,65-,66-,67-,68-,69+,70+/m0/s1. The number of carboxylic acid groups (broad SMARTS) is 2. The number of rotatable bonds is 16. The number of nitrogens with one attached hydrogen (secondary N) is 9. The van der Waals surface area contributed by atoms with Crippen LogP contribution in [-0.2, 0) is 91.6 Å². The van der Waals surface area contributed by atoms with Gasteiger partial charge in [-0.2, -0.15) is 0 Å². The second kappa shape index (κ2) is 36.3. The van der Waals surface area contributed by atoms with Gasteiger partial charge in [0.2, 0.25) is 53.2 Å². The highest BCUT2D eigenvalue weighted by molar-refractivity contribution is 5.99. The Kier molecular flexibility index (Phi) is 26.4. The monoisotopic (exact) mass is 1580 g/mol.